The van der Waals surface area contributed by atoms with E-state index in [0.717, 1.165) is 5.56 Å². The highest BCUT2D eigenvalue weighted by molar-refractivity contribution is 7.73. The summed E-state index contributed by atoms with van der Waals surface area (Å²) in [6.45, 7) is 0.543. The normalized spacial score (nSPS) is 11.1. The number of aliphatic imine (C=N–C) groups is 1. The van der Waals surface area contributed by atoms with Gasteiger partial charge in [-0.1, -0.05) is 35.1 Å². The molecule has 0 radical (unpaired) electrons. The lowest BCUT2D eigenvalue weighted by atomic mass is 10.2. The maximum absolute atomic E-state index is 9.44. The monoisotopic (exact) mass is 284 g/mol. The molecule has 0 aliphatic heterocycles. The number of nitrogens with zero attached hydrogens (tertiary/aromatic N) is 1. The third-order valence-electron chi connectivity index (χ3n) is 2.05. The van der Waals surface area contributed by atoms with Crippen molar-refractivity contribution < 1.29 is 5.11 Å². The van der Waals surface area contributed by atoms with Crippen LogP contribution in [0.4, 0.5) is 0 Å². The van der Waals surface area contributed by atoms with Crippen molar-refractivity contribution >= 4 is 41.4 Å². The first-order chi connectivity index (χ1) is 8.15. The van der Waals surface area contributed by atoms with E-state index >= 15 is 0 Å². The molecule has 2 N–H and O–H groups in total. The average Bonchev–Trinajstić information content (AvgIpc) is 2.60. The Labute approximate surface area is 112 Å². The van der Waals surface area contributed by atoms with Crippen LogP contribution in [-0.4, -0.2) is 16.3 Å². The van der Waals surface area contributed by atoms with Crippen molar-refractivity contribution in [2.75, 3.05) is 0 Å². The first-order valence-corrected chi connectivity index (χ1v) is 6.42. The summed E-state index contributed by atoms with van der Waals surface area (Å²) in [5.41, 5.74) is 1.06. The minimum atomic E-state index is 0.0693. The van der Waals surface area contributed by atoms with E-state index in [1.54, 1.807) is 6.21 Å². The molecule has 2 aromatic rings. The van der Waals surface area contributed by atoms with Crippen LogP contribution in [-0.2, 0) is 6.54 Å². The maximum atomic E-state index is 9.44. The Kier molecular flexibility index (Phi) is 3.93. The Morgan fingerprint density at radius 1 is 1.41 bits per heavy atom. The largest absolute Gasteiger partial charge is 0.494 e. The van der Waals surface area contributed by atoms with Crippen LogP contribution in [0, 0.1) is 3.95 Å². The zero-order chi connectivity index (χ0) is 12.3. The van der Waals surface area contributed by atoms with E-state index in [1.165, 1.54) is 11.3 Å². The van der Waals surface area contributed by atoms with Gasteiger partial charge in [-0.05, 0) is 29.9 Å². The van der Waals surface area contributed by atoms with E-state index in [4.69, 9.17) is 23.8 Å². The van der Waals surface area contributed by atoms with Crippen molar-refractivity contribution in [2.24, 2.45) is 4.99 Å². The van der Waals surface area contributed by atoms with Gasteiger partial charge in [-0.25, -0.2) is 0 Å². The fourth-order valence-electron chi connectivity index (χ4n) is 1.24. The molecule has 0 saturated carbocycles. The van der Waals surface area contributed by atoms with Crippen molar-refractivity contribution in [3.05, 3.63) is 43.7 Å². The first-order valence-electron chi connectivity index (χ1n) is 4.81. The van der Waals surface area contributed by atoms with Crippen molar-refractivity contribution in [2.45, 2.75) is 6.54 Å². The molecular weight excluding hydrogens is 276 g/mol. The number of aromatic hydroxyl groups is 1. The Morgan fingerprint density at radius 2 is 2.12 bits per heavy atom. The molecule has 0 fully saturated rings. The topological polar surface area (TPSA) is 48.4 Å². The molecule has 1 aromatic carbocycles. The van der Waals surface area contributed by atoms with Crippen LogP contribution in [0.15, 0.2) is 29.3 Å². The number of halogens is 1. The van der Waals surface area contributed by atoms with Crippen LogP contribution < -0.4 is 0 Å². The molecule has 0 amide bonds. The molecule has 0 aliphatic rings. The van der Waals surface area contributed by atoms with Crippen LogP contribution in [0.3, 0.4) is 0 Å². The second kappa shape index (κ2) is 5.44. The molecule has 1 aromatic heterocycles. The van der Waals surface area contributed by atoms with Crippen LogP contribution in [0.2, 0.25) is 5.02 Å². The summed E-state index contributed by atoms with van der Waals surface area (Å²) in [5.74, 6) is 0.0693. The predicted octanol–water partition coefficient (Wildman–Crippen LogP) is 3.78. The molecule has 1 heterocycles. The lowest BCUT2D eigenvalue weighted by Crippen LogP contribution is -1.82. The summed E-state index contributed by atoms with van der Waals surface area (Å²) < 4.78 is 0.537. The Bertz CT molecular complexity index is 586. The molecule has 3 nitrogen and oxygen atoms in total. The highest BCUT2D eigenvalue weighted by atomic mass is 35.5. The van der Waals surface area contributed by atoms with Gasteiger partial charge in [-0.2, -0.15) is 0 Å². The van der Waals surface area contributed by atoms with Gasteiger partial charge >= 0.3 is 0 Å². The number of hydrogen-bond donors (Lipinski definition) is 2. The molecular formula is C11H9ClN2OS2. The summed E-state index contributed by atoms with van der Waals surface area (Å²) >= 11 is 12.0. The summed E-state index contributed by atoms with van der Waals surface area (Å²) in [6, 6.07) is 7.48. The zero-order valence-electron chi connectivity index (χ0n) is 8.68. The average molecular weight is 285 g/mol. The minimum Gasteiger partial charge on any atom is -0.494 e. The van der Waals surface area contributed by atoms with Gasteiger partial charge in [0.1, 0.15) is 4.88 Å². The van der Waals surface area contributed by atoms with E-state index in [-0.39, 0.29) is 5.88 Å². The Balaban J connectivity index is 2.05. The fourth-order valence-corrected chi connectivity index (χ4v) is 2.36. The van der Waals surface area contributed by atoms with E-state index in [0.29, 0.717) is 20.4 Å². The van der Waals surface area contributed by atoms with Crippen LogP contribution in [0.25, 0.3) is 0 Å². The van der Waals surface area contributed by atoms with Gasteiger partial charge in [-0.15, -0.1) is 0 Å². The van der Waals surface area contributed by atoms with E-state index in [9.17, 15) is 5.11 Å². The number of aromatic amines is 1. The van der Waals surface area contributed by atoms with Gasteiger partial charge in [-0.3, -0.25) is 4.99 Å². The van der Waals surface area contributed by atoms with Gasteiger partial charge in [0, 0.05) is 11.2 Å². The molecule has 0 aliphatic carbocycles. The predicted molar refractivity (Wildman–Crippen MR) is 73.9 cm³/mol. The molecule has 88 valence electrons. The molecule has 0 saturated heterocycles. The molecule has 0 bridgehead atoms. The summed E-state index contributed by atoms with van der Waals surface area (Å²) in [7, 11) is 0. The summed E-state index contributed by atoms with van der Waals surface area (Å²) in [4.78, 5) is 7.52. The second-order valence-corrected chi connectivity index (χ2v) is 5.48. The number of thiazole rings is 1. The van der Waals surface area contributed by atoms with Crippen molar-refractivity contribution in [3.63, 3.8) is 0 Å². The van der Waals surface area contributed by atoms with E-state index < -0.39 is 0 Å². The minimum absolute atomic E-state index is 0.0693. The van der Waals surface area contributed by atoms with E-state index in [2.05, 4.69) is 9.98 Å². The van der Waals surface area contributed by atoms with Gasteiger partial charge in [0.25, 0.3) is 0 Å². The Morgan fingerprint density at radius 3 is 2.71 bits per heavy atom. The molecule has 0 atom stereocenters. The maximum Gasteiger partial charge on any atom is 0.209 e. The molecule has 2 rings (SSSR count). The number of benzene rings is 1. The number of H-pyrrole nitrogens is 1. The number of rotatable bonds is 3. The second-order valence-electron chi connectivity index (χ2n) is 3.32. The Hall–Kier alpha value is -1.17. The molecule has 17 heavy (non-hydrogen) atoms. The number of aromatic nitrogens is 1. The third kappa shape index (κ3) is 3.39. The summed E-state index contributed by atoms with van der Waals surface area (Å²) in [6.07, 6.45) is 1.61. The highest BCUT2D eigenvalue weighted by Gasteiger charge is 2.00. The van der Waals surface area contributed by atoms with Gasteiger partial charge in [0.15, 0.2) is 3.95 Å². The smallest absolute Gasteiger partial charge is 0.209 e. The molecule has 0 unspecified atom stereocenters. The third-order valence-corrected chi connectivity index (χ3v) is 3.46. The number of hydrogen-bond acceptors (Lipinski definition) is 4. The van der Waals surface area contributed by atoms with Gasteiger partial charge in [0.2, 0.25) is 5.88 Å². The van der Waals surface area contributed by atoms with Gasteiger partial charge in [0.05, 0.1) is 6.54 Å². The SMILES string of the molecule is Oc1[nH]c(=S)sc1C=NCc1ccc(Cl)cc1. The molecule has 0 spiro atoms. The lowest BCUT2D eigenvalue weighted by Gasteiger charge is -1.95. The van der Waals surface area contributed by atoms with Crippen molar-refractivity contribution in [1.29, 1.82) is 0 Å². The standard InChI is InChI=1S/C11H9ClN2OS2/c12-8-3-1-7(2-4-8)5-13-6-9-10(15)14-11(16)17-9/h1-4,6,15H,5H2,(H,14,16). The quantitative estimate of drug-likeness (QED) is 0.665. The molecule has 6 heteroatoms. The lowest BCUT2D eigenvalue weighted by molar-refractivity contribution is 0.456. The first kappa shape index (κ1) is 12.3. The van der Waals surface area contributed by atoms with Crippen molar-refractivity contribution in [1.82, 2.24) is 4.98 Å². The van der Waals surface area contributed by atoms with E-state index in [1.807, 2.05) is 24.3 Å². The fraction of sp³-hybridized carbons (Fsp3) is 0.0909. The van der Waals surface area contributed by atoms with Crippen LogP contribution in [0.5, 0.6) is 5.88 Å². The zero-order valence-corrected chi connectivity index (χ0v) is 11.1. The van der Waals surface area contributed by atoms with Gasteiger partial charge < -0.3 is 10.1 Å². The van der Waals surface area contributed by atoms with Crippen molar-refractivity contribution in [3.8, 4) is 5.88 Å². The number of nitrogens with one attached hydrogen (secondary N) is 1. The summed E-state index contributed by atoms with van der Waals surface area (Å²) in [5, 5.41) is 10.2. The highest BCUT2D eigenvalue weighted by Crippen LogP contribution is 2.19. The van der Waals surface area contributed by atoms with Crippen LogP contribution in [0.1, 0.15) is 10.4 Å². The van der Waals surface area contributed by atoms with Crippen LogP contribution >= 0.6 is 35.2 Å².